The Morgan fingerprint density at radius 1 is 0.931 bits per heavy atom. The van der Waals surface area contributed by atoms with Crippen molar-refractivity contribution in [3.8, 4) is 0 Å². The molecule has 3 rings (SSSR count). The lowest BCUT2D eigenvalue weighted by Gasteiger charge is -2.22. The van der Waals surface area contributed by atoms with Gasteiger partial charge in [-0.25, -0.2) is 8.42 Å². The molecule has 0 aromatic heterocycles. The summed E-state index contributed by atoms with van der Waals surface area (Å²) in [6.45, 7) is 3.91. The molecule has 0 saturated heterocycles. The number of rotatable bonds is 6. The molecule has 0 bridgehead atoms. The van der Waals surface area contributed by atoms with Gasteiger partial charge in [-0.1, -0.05) is 55.0 Å². The number of hydrogen-bond acceptors (Lipinski definition) is 3. The number of aryl methyl sites for hydroxylation is 2. The molecular weight excluding hydrogens is 384 g/mol. The zero-order valence-electron chi connectivity index (χ0n) is 16.7. The SMILES string of the molecule is CCc1ccccc1NC(=O)c1ccccc1N(C)S(=O)(=O)c1ccc(C)cc1. The van der Waals surface area contributed by atoms with Crippen LogP contribution in [0.25, 0.3) is 0 Å². The van der Waals surface area contributed by atoms with Crippen LogP contribution in [0.5, 0.6) is 0 Å². The van der Waals surface area contributed by atoms with Crippen molar-refractivity contribution in [1.29, 1.82) is 0 Å². The van der Waals surface area contributed by atoms with Crippen LogP contribution in [0.4, 0.5) is 11.4 Å². The van der Waals surface area contributed by atoms with E-state index in [4.69, 9.17) is 0 Å². The fourth-order valence-corrected chi connectivity index (χ4v) is 4.29. The Morgan fingerprint density at radius 3 is 2.24 bits per heavy atom. The molecule has 5 nitrogen and oxygen atoms in total. The highest BCUT2D eigenvalue weighted by Gasteiger charge is 2.25. The van der Waals surface area contributed by atoms with Crippen molar-refractivity contribution in [2.24, 2.45) is 0 Å². The molecule has 150 valence electrons. The van der Waals surface area contributed by atoms with Gasteiger partial charge in [-0.15, -0.1) is 0 Å². The Kier molecular flexibility index (Phi) is 6.03. The fraction of sp³-hybridized carbons (Fsp3) is 0.174. The topological polar surface area (TPSA) is 66.5 Å². The van der Waals surface area contributed by atoms with Gasteiger partial charge in [0.15, 0.2) is 0 Å². The lowest BCUT2D eigenvalue weighted by Crippen LogP contribution is -2.29. The van der Waals surface area contributed by atoms with Crippen LogP contribution in [0.1, 0.15) is 28.4 Å². The molecule has 0 aliphatic carbocycles. The minimum atomic E-state index is -3.80. The summed E-state index contributed by atoms with van der Waals surface area (Å²) >= 11 is 0. The average molecular weight is 409 g/mol. The summed E-state index contributed by atoms with van der Waals surface area (Å²) in [6, 6.07) is 20.9. The summed E-state index contributed by atoms with van der Waals surface area (Å²) in [5, 5.41) is 2.91. The lowest BCUT2D eigenvalue weighted by atomic mass is 10.1. The minimum absolute atomic E-state index is 0.178. The number of anilines is 2. The predicted octanol–water partition coefficient (Wildman–Crippen LogP) is 4.63. The third kappa shape index (κ3) is 4.32. The van der Waals surface area contributed by atoms with Crippen LogP contribution in [-0.4, -0.2) is 21.4 Å². The van der Waals surface area contributed by atoms with Crippen LogP contribution in [0.2, 0.25) is 0 Å². The molecule has 0 saturated carbocycles. The van der Waals surface area contributed by atoms with Crippen LogP contribution >= 0.6 is 0 Å². The maximum absolute atomic E-state index is 13.1. The summed E-state index contributed by atoms with van der Waals surface area (Å²) in [4.78, 5) is 13.2. The lowest BCUT2D eigenvalue weighted by molar-refractivity contribution is 0.102. The van der Waals surface area contributed by atoms with Crippen LogP contribution < -0.4 is 9.62 Å². The van der Waals surface area contributed by atoms with E-state index in [-0.39, 0.29) is 16.4 Å². The number of hydrogen-bond donors (Lipinski definition) is 1. The monoisotopic (exact) mass is 408 g/mol. The van der Waals surface area contributed by atoms with Gasteiger partial charge in [0.25, 0.3) is 15.9 Å². The Bertz CT molecular complexity index is 1120. The van der Waals surface area contributed by atoms with Crippen molar-refractivity contribution in [3.05, 3.63) is 89.5 Å². The van der Waals surface area contributed by atoms with E-state index in [1.165, 1.54) is 7.05 Å². The summed E-state index contributed by atoms with van der Waals surface area (Å²) in [7, 11) is -2.34. The van der Waals surface area contributed by atoms with Crippen molar-refractivity contribution < 1.29 is 13.2 Å². The number of nitrogens with zero attached hydrogens (tertiary/aromatic N) is 1. The van der Waals surface area contributed by atoms with Crippen LogP contribution in [-0.2, 0) is 16.4 Å². The van der Waals surface area contributed by atoms with Crippen molar-refractivity contribution in [2.45, 2.75) is 25.2 Å². The van der Waals surface area contributed by atoms with Crippen molar-refractivity contribution in [2.75, 3.05) is 16.7 Å². The molecule has 6 heteroatoms. The van der Waals surface area contributed by atoms with Gasteiger partial charge in [-0.2, -0.15) is 0 Å². The summed E-state index contributed by atoms with van der Waals surface area (Å²) in [6.07, 6.45) is 0.778. The quantitative estimate of drug-likeness (QED) is 0.646. The van der Waals surface area contributed by atoms with Crippen molar-refractivity contribution in [1.82, 2.24) is 0 Å². The number of sulfonamides is 1. The molecular formula is C23H24N2O3S. The molecule has 1 N–H and O–H groups in total. The Morgan fingerprint density at radius 2 is 1.55 bits per heavy atom. The second-order valence-corrected chi connectivity index (χ2v) is 8.74. The van der Waals surface area contributed by atoms with E-state index >= 15 is 0 Å². The maximum atomic E-state index is 13.1. The summed E-state index contributed by atoms with van der Waals surface area (Å²) in [5.41, 5.74) is 3.31. The average Bonchev–Trinajstić information content (AvgIpc) is 2.73. The number of carbonyl (C=O) groups excluding carboxylic acids is 1. The normalized spacial score (nSPS) is 11.1. The van der Waals surface area contributed by atoms with E-state index < -0.39 is 10.0 Å². The van der Waals surface area contributed by atoms with Gasteiger partial charge < -0.3 is 5.32 Å². The molecule has 0 atom stereocenters. The third-order valence-electron chi connectivity index (χ3n) is 4.81. The highest BCUT2D eigenvalue weighted by Crippen LogP contribution is 2.27. The van der Waals surface area contributed by atoms with E-state index in [0.717, 1.165) is 27.5 Å². The highest BCUT2D eigenvalue weighted by molar-refractivity contribution is 7.92. The van der Waals surface area contributed by atoms with Gasteiger partial charge in [0.1, 0.15) is 0 Å². The predicted molar refractivity (Wildman–Crippen MR) is 117 cm³/mol. The molecule has 0 aliphatic rings. The minimum Gasteiger partial charge on any atom is -0.322 e. The maximum Gasteiger partial charge on any atom is 0.264 e. The molecule has 0 spiro atoms. The molecule has 29 heavy (non-hydrogen) atoms. The molecule has 0 radical (unpaired) electrons. The van der Waals surface area contributed by atoms with E-state index in [2.05, 4.69) is 5.32 Å². The van der Waals surface area contributed by atoms with Crippen LogP contribution in [0.15, 0.2) is 77.7 Å². The molecule has 0 unspecified atom stereocenters. The third-order valence-corrected chi connectivity index (χ3v) is 6.60. The van der Waals surface area contributed by atoms with E-state index in [0.29, 0.717) is 5.69 Å². The first-order valence-corrected chi connectivity index (χ1v) is 10.8. The Labute approximate surface area is 172 Å². The first-order chi connectivity index (χ1) is 13.8. The molecule has 3 aromatic rings. The van der Waals surface area contributed by atoms with E-state index in [1.54, 1.807) is 48.5 Å². The van der Waals surface area contributed by atoms with Gasteiger partial charge in [-0.05, 0) is 49.2 Å². The zero-order valence-corrected chi connectivity index (χ0v) is 17.5. The molecule has 1 amide bonds. The zero-order chi connectivity index (χ0) is 21.0. The molecule has 0 fully saturated rings. The largest absolute Gasteiger partial charge is 0.322 e. The summed E-state index contributed by atoms with van der Waals surface area (Å²) < 4.78 is 27.3. The number of nitrogens with one attached hydrogen (secondary N) is 1. The molecule has 0 aliphatic heterocycles. The molecule has 0 heterocycles. The van der Waals surface area contributed by atoms with Gasteiger partial charge in [0.05, 0.1) is 16.1 Å². The second-order valence-electron chi connectivity index (χ2n) is 6.77. The Hall–Kier alpha value is -3.12. The first-order valence-electron chi connectivity index (χ1n) is 9.38. The fourth-order valence-electron chi connectivity index (χ4n) is 3.08. The number of benzene rings is 3. The van der Waals surface area contributed by atoms with Crippen LogP contribution in [0.3, 0.4) is 0 Å². The molecule has 3 aromatic carbocycles. The smallest absolute Gasteiger partial charge is 0.264 e. The summed E-state index contributed by atoms with van der Waals surface area (Å²) in [5.74, 6) is -0.354. The highest BCUT2D eigenvalue weighted by atomic mass is 32.2. The second kappa shape index (κ2) is 8.49. The van der Waals surface area contributed by atoms with E-state index in [9.17, 15) is 13.2 Å². The van der Waals surface area contributed by atoms with Crippen molar-refractivity contribution in [3.63, 3.8) is 0 Å². The van der Waals surface area contributed by atoms with Gasteiger partial charge in [0.2, 0.25) is 0 Å². The van der Waals surface area contributed by atoms with Gasteiger partial charge in [0, 0.05) is 12.7 Å². The number of para-hydroxylation sites is 2. The van der Waals surface area contributed by atoms with Crippen molar-refractivity contribution >= 4 is 27.3 Å². The first kappa shape index (κ1) is 20.6. The standard InChI is InChI=1S/C23H24N2O3S/c1-4-18-9-5-7-11-21(18)24-23(26)20-10-6-8-12-22(20)25(3)29(27,28)19-15-13-17(2)14-16-19/h5-16H,4H2,1-3H3,(H,24,26). The Balaban J connectivity index is 1.96. The van der Waals surface area contributed by atoms with E-state index in [1.807, 2.05) is 38.1 Å². The van der Waals surface area contributed by atoms with Gasteiger partial charge in [-0.3, -0.25) is 9.10 Å². The number of carbonyl (C=O) groups is 1. The number of amides is 1. The van der Waals surface area contributed by atoms with Gasteiger partial charge >= 0.3 is 0 Å². The van der Waals surface area contributed by atoms with Crippen LogP contribution in [0, 0.1) is 6.92 Å².